The molecule has 1 unspecified atom stereocenters. The Bertz CT molecular complexity index is 1070. The number of amidine groups is 1. The molecule has 0 radical (unpaired) electrons. The molecule has 0 saturated carbocycles. The topological polar surface area (TPSA) is 132 Å². The number of rotatable bonds is 7. The van der Waals surface area contributed by atoms with Gasteiger partial charge in [0.1, 0.15) is 11.9 Å². The number of nitrogens with zero attached hydrogens (tertiary/aromatic N) is 4. The molecule has 1 aromatic heterocycles. The first-order chi connectivity index (χ1) is 15.0. The number of H-pyrrole nitrogens is 1. The third kappa shape index (κ3) is 4.71. The molecule has 0 bridgehead atoms. The van der Waals surface area contributed by atoms with Crippen LogP contribution in [-0.2, 0) is 14.8 Å². The zero-order valence-electron chi connectivity index (χ0n) is 17.5. The van der Waals surface area contributed by atoms with Crippen LogP contribution in [-0.4, -0.2) is 54.5 Å². The van der Waals surface area contributed by atoms with Crippen molar-refractivity contribution in [2.24, 2.45) is 4.99 Å². The summed E-state index contributed by atoms with van der Waals surface area (Å²) in [6.45, 7) is 3.83. The van der Waals surface area contributed by atoms with E-state index in [4.69, 9.17) is 0 Å². The average molecular weight is 446 g/mol. The van der Waals surface area contributed by atoms with Gasteiger partial charge >= 0.3 is 0 Å². The predicted molar refractivity (Wildman–Crippen MR) is 118 cm³/mol. The maximum Gasteiger partial charge on any atom is 0.263 e. The van der Waals surface area contributed by atoms with E-state index >= 15 is 0 Å². The molecule has 0 aliphatic carbocycles. The molecule has 2 aliphatic heterocycles. The lowest BCUT2D eigenvalue weighted by molar-refractivity contribution is -0.117. The van der Waals surface area contributed by atoms with E-state index in [-0.39, 0.29) is 22.6 Å². The Kier molecular flexibility index (Phi) is 6.21. The Morgan fingerprint density at radius 2 is 2.03 bits per heavy atom. The minimum atomic E-state index is -3.66. The number of anilines is 2. The third-order valence-corrected chi connectivity index (χ3v) is 6.83. The van der Waals surface area contributed by atoms with Gasteiger partial charge < -0.3 is 4.90 Å². The Morgan fingerprint density at radius 1 is 1.26 bits per heavy atom. The summed E-state index contributed by atoms with van der Waals surface area (Å²) in [5.74, 6) is 0.674. The average Bonchev–Trinajstić information content (AvgIpc) is 3.34. The lowest BCUT2D eigenvalue weighted by atomic mass is 10.1. The Morgan fingerprint density at radius 3 is 2.81 bits per heavy atom. The highest BCUT2D eigenvalue weighted by Gasteiger charge is 2.32. The minimum absolute atomic E-state index is 0.171. The molecule has 4 rings (SSSR count). The number of aromatic amines is 1. The molecular formula is C20H27N7O3S. The van der Waals surface area contributed by atoms with Crippen LogP contribution in [0, 0.1) is 0 Å². The fraction of sp³-hybridized carbons (Fsp3) is 0.500. The van der Waals surface area contributed by atoms with Gasteiger partial charge in [-0.1, -0.05) is 31.9 Å². The van der Waals surface area contributed by atoms with Gasteiger partial charge in [0.15, 0.2) is 0 Å². The molecule has 1 saturated heterocycles. The van der Waals surface area contributed by atoms with Crippen LogP contribution < -0.4 is 14.9 Å². The molecule has 0 spiro atoms. The first-order valence-corrected chi connectivity index (χ1v) is 12.1. The number of benzene rings is 1. The summed E-state index contributed by atoms with van der Waals surface area (Å²) >= 11 is 0. The van der Waals surface area contributed by atoms with Gasteiger partial charge in [0.2, 0.25) is 11.9 Å². The first kappa shape index (κ1) is 21.3. The van der Waals surface area contributed by atoms with Gasteiger partial charge in [0, 0.05) is 18.7 Å². The number of aliphatic imine (C=N–C) groups is 1. The smallest absolute Gasteiger partial charge is 0.263 e. The van der Waals surface area contributed by atoms with Crippen LogP contribution in [0.4, 0.5) is 11.9 Å². The van der Waals surface area contributed by atoms with E-state index in [2.05, 4.69) is 35.1 Å². The molecule has 2 aliphatic rings. The number of piperidine rings is 1. The number of fused-ring (bicyclic) bond motifs is 1. The van der Waals surface area contributed by atoms with E-state index in [0.717, 1.165) is 38.8 Å². The monoisotopic (exact) mass is 445 g/mol. The fourth-order valence-corrected chi connectivity index (χ4v) is 5.02. The third-order valence-electron chi connectivity index (χ3n) is 5.44. The second kappa shape index (κ2) is 9.04. The lowest BCUT2D eigenvalue weighted by Crippen LogP contribution is -2.31. The van der Waals surface area contributed by atoms with Crippen molar-refractivity contribution >= 4 is 33.7 Å². The molecule has 1 atom stereocenters. The van der Waals surface area contributed by atoms with Gasteiger partial charge in [-0.2, -0.15) is 4.98 Å². The molecule has 3 heterocycles. The molecule has 166 valence electrons. The second-order valence-electron chi connectivity index (χ2n) is 7.76. The highest BCUT2D eigenvalue weighted by atomic mass is 32.2. The molecular weight excluding hydrogens is 418 g/mol. The maximum atomic E-state index is 13.0. The molecule has 1 fully saturated rings. The first-order valence-electron chi connectivity index (χ1n) is 10.7. The molecule has 1 aromatic carbocycles. The summed E-state index contributed by atoms with van der Waals surface area (Å²) in [4.78, 5) is 24.1. The summed E-state index contributed by atoms with van der Waals surface area (Å²) in [7, 11) is -3.66. The number of carbonyl (C=O) groups is 1. The van der Waals surface area contributed by atoms with Crippen molar-refractivity contribution in [3.05, 3.63) is 29.8 Å². The summed E-state index contributed by atoms with van der Waals surface area (Å²) in [6, 6.07) is 5.85. The van der Waals surface area contributed by atoms with Crippen molar-refractivity contribution in [2.75, 3.05) is 23.3 Å². The Balaban J connectivity index is 1.52. The van der Waals surface area contributed by atoms with E-state index in [0.29, 0.717) is 17.9 Å². The minimum Gasteiger partial charge on any atom is -0.340 e. The van der Waals surface area contributed by atoms with Crippen molar-refractivity contribution in [2.45, 2.75) is 56.4 Å². The predicted octanol–water partition coefficient (Wildman–Crippen LogP) is 2.03. The molecule has 10 nitrogen and oxygen atoms in total. The van der Waals surface area contributed by atoms with E-state index < -0.39 is 16.1 Å². The van der Waals surface area contributed by atoms with Gasteiger partial charge in [0.25, 0.3) is 15.9 Å². The standard InChI is InChI=1S/C20H27N7O3S/c1-2-3-10-15(21-17-14-9-5-6-11-16(14)31(29,30)26-17)18(28)22-19-23-20(25-24-19)27-12-7-4-8-13-27/h5-6,9,11,15H,2-4,7-8,10,12-13H2,1H3,(H,21,26)(H2,22,23,24,25,28). The maximum absolute atomic E-state index is 13.0. The molecule has 11 heteroatoms. The summed E-state index contributed by atoms with van der Waals surface area (Å²) in [5.41, 5.74) is 0.476. The zero-order chi connectivity index (χ0) is 21.8. The van der Waals surface area contributed by atoms with Crippen molar-refractivity contribution in [3.63, 3.8) is 0 Å². The molecule has 2 aromatic rings. The zero-order valence-corrected chi connectivity index (χ0v) is 18.3. The summed E-state index contributed by atoms with van der Waals surface area (Å²) in [6.07, 6.45) is 5.56. The SMILES string of the molecule is CCCCC(N=C1NS(=O)(=O)c2ccccc21)C(=O)Nc1nc(N2CCCCC2)n[nH]1. The Labute approximate surface area is 181 Å². The molecule has 1 amide bonds. The lowest BCUT2D eigenvalue weighted by Gasteiger charge is -2.24. The van der Waals surface area contributed by atoms with Crippen LogP contribution in [0.1, 0.15) is 51.0 Å². The van der Waals surface area contributed by atoms with Crippen LogP contribution in [0.3, 0.4) is 0 Å². The van der Waals surface area contributed by atoms with Gasteiger partial charge in [0.05, 0.1) is 4.90 Å². The van der Waals surface area contributed by atoms with Crippen molar-refractivity contribution in [1.29, 1.82) is 0 Å². The van der Waals surface area contributed by atoms with E-state index in [1.54, 1.807) is 18.2 Å². The van der Waals surface area contributed by atoms with Crippen molar-refractivity contribution < 1.29 is 13.2 Å². The number of sulfonamides is 1. The van der Waals surface area contributed by atoms with Gasteiger partial charge in [-0.15, -0.1) is 5.10 Å². The summed E-state index contributed by atoms with van der Waals surface area (Å²) in [5, 5.41) is 9.74. The van der Waals surface area contributed by atoms with Gasteiger partial charge in [-0.3, -0.25) is 19.8 Å². The van der Waals surface area contributed by atoms with Crippen molar-refractivity contribution in [3.8, 4) is 0 Å². The highest BCUT2D eigenvalue weighted by Crippen LogP contribution is 2.23. The van der Waals surface area contributed by atoms with Crippen LogP contribution in [0.5, 0.6) is 0 Å². The van der Waals surface area contributed by atoms with Crippen molar-refractivity contribution in [1.82, 2.24) is 19.9 Å². The number of aromatic nitrogens is 3. The van der Waals surface area contributed by atoms with Gasteiger partial charge in [-0.25, -0.2) is 13.5 Å². The Hall–Kier alpha value is -2.95. The largest absolute Gasteiger partial charge is 0.340 e. The number of hydrogen-bond donors (Lipinski definition) is 3. The summed E-state index contributed by atoms with van der Waals surface area (Å²) < 4.78 is 27.2. The molecule has 3 N–H and O–H groups in total. The van der Waals surface area contributed by atoms with Crippen LogP contribution in [0.2, 0.25) is 0 Å². The number of hydrogen-bond acceptors (Lipinski definition) is 7. The number of unbranched alkanes of at least 4 members (excludes halogenated alkanes) is 1. The van der Waals surface area contributed by atoms with Crippen LogP contribution in [0.15, 0.2) is 34.2 Å². The van der Waals surface area contributed by atoms with E-state index in [9.17, 15) is 13.2 Å². The second-order valence-corrected chi connectivity index (χ2v) is 9.41. The molecule has 31 heavy (non-hydrogen) atoms. The van der Waals surface area contributed by atoms with Gasteiger partial charge in [-0.05, 0) is 37.8 Å². The van der Waals surface area contributed by atoms with Crippen LogP contribution >= 0.6 is 0 Å². The number of carbonyl (C=O) groups excluding carboxylic acids is 1. The number of amides is 1. The number of nitrogens with one attached hydrogen (secondary N) is 3. The normalized spacial score (nSPS) is 19.6. The fourth-order valence-electron chi connectivity index (χ4n) is 3.78. The quantitative estimate of drug-likeness (QED) is 0.597. The highest BCUT2D eigenvalue weighted by molar-refractivity contribution is 7.90. The van der Waals surface area contributed by atoms with E-state index in [1.165, 1.54) is 12.5 Å². The van der Waals surface area contributed by atoms with E-state index in [1.807, 2.05) is 6.92 Å². The van der Waals surface area contributed by atoms with Crippen LogP contribution in [0.25, 0.3) is 0 Å².